The zero-order valence-electron chi connectivity index (χ0n) is 26.1. The molecule has 0 nitrogen and oxygen atoms in total. The number of aryl methyl sites for hydroxylation is 3. The van der Waals surface area contributed by atoms with Crippen molar-refractivity contribution in [2.24, 2.45) is 0 Å². The largest absolute Gasteiger partial charge is 0.0622 e. The van der Waals surface area contributed by atoms with Crippen molar-refractivity contribution in [3.63, 3.8) is 0 Å². The minimum atomic E-state index is 1.20. The maximum atomic E-state index is 2.37. The summed E-state index contributed by atoms with van der Waals surface area (Å²) in [4.78, 5) is 0. The van der Waals surface area contributed by atoms with Crippen molar-refractivity contribution < 1.29 is 0 Å². The summed E-state index contributed by atoms with van der Waals surface area (Å²) in [6.45, 7) is 6.61. The molecule has 7 aromatic rings. The van der Waals surface area contributed by atoms with Gasteiger partial charge in [-0.05, 0) is 98.7 Å². The molecule has 0 N–H and O–H groups in total. The lowest BCUT2D eigenvalue weighted by Gasteiger charge is -2.29. The van der Waals surface area contributed by atoms with E-state index in [2.05, 4.69) is 185 Å². The summed E-state index contributed by atoms with van der Waals surface area (Å²) in [6, 6.07) is 59.8. The van der Waals surface area contributed by atoms with Crippen LogP contribution in [0.2, 0.25) is 0 Å². The minimum Gasteiger partial charge on any atom is -0.0622 e. The van der Waals surface area contributed by atoms with E-state index in [1.807, 2.05) is 0 Å². The fourth-order valence-corrected chi connectivity index (χ4v) is 6.60. The molecule has 7 rings (SSSR count). The van der Waals surface area contributed by atoms with Gasteiger partial charge in [-0.2, -0.15) is 0 Å². The van der Waals surface area contributed by atoms with Crippen LogP contribution in [0.1, 0.15) is 16.7 Å². The average molecular weight is 577 g/mol. The smallest absolute Gasteiger partial charge is 0.00138 e. The predicted molar refractivity (Wildman–Crippen MR) is 193 cm³/mol. The van der Waals surface area contributed by atoms with Crippen LogP contribution in [0, 0.1) is 20.8 Å². The van der Waals surface area contributed by atoms with Crippen LogP contribution in [-0.2, 0) is 0 Å². The van der Waals surface area contributed by atoms with Crippen LogP contribution < -0.4 is 0 Å². The summed E-state index contributed by atoms with van der Waals surface area (Å²) in [7, 11) is 0. The third kappa shape index (κ3) is 5.41. The molecular formula is C45H36. The first kappa shape index (κ1) is 28.3. The monoisotopic (exact) mass is 576 g/mol. The normalized spacial score (nSPS) is 11.0. The van der Waals surface area contributed by atoms with Gasteiger partial charge < -0.3 is 0 Å². The molecule has 0 aromatic heterocycles. The van der Waals surface area contributed by atoms with Crippen molar-refractivity contribution in [3.8, 4) is 66.8 Å². The van der Waals surface area contributed by atoms with E-state index >= 15 is 0 Å². The highest BCUT2D eigenvalue weighted by Crippen LogP contribution is 2.55. The molecule has 0 heteroatoms. The van der Waals surface area contributed by atoms with Crippen molar-refractivity contribution in [2.75, 3.05) is 0 Å². The number of rotatable bonds is 6. The maximum absolute atomic E-state index is 2.37. The Hall–Kier alpha value is -5.46. The van der Waals surface area contributed by atoms with Gasteiger partial charge >= 0.3 is 0 Å². The van der Waals surface area contributed by atoms with Gasteiger partial charge in [0.1, 0.15) is 0 Å². The van der Waals surface area contributed by atoms with Gasteiger partial charge in [-0.1, -0.05) is 169 Å². The van der Waals surface area contributed by atoms with E-state index in [0.29, 0.717) is 0 Å². The lowest BCUT2D eigenvalue weighted by molar-refractivity contribution is 1.34. The number of hydrogen-bond donors (Lipinski definition) is 0. The average Bonchev–Trinajstić information content (AvgIpc) is 3.10. The topological polar surface area (TPSA) is 0 Å². The molecular weight excluding hydrogens is 540 g/mol. The summed E-state index contributed by atoms with van der Waals surface area (Å²) in [5.74, 6) is 0. The van der Waals surface area contributed by atoms with Gasteiger partial charge in [-0.3, -0.25) is 0 Å². The van der Waals surface area contributed by atoms with Crippen LogP contribution in [0.25, 0.3) is 66.8 Å². The molecule has 0 saturated carbocycles. The second-order valence-electron chi connectivity index (χ2n) is 11.9. The van der Waals surface area contributed by atoms with Crippen LogP contribution in [0.15, 0.2) is 164 Å². The molecule has 0 fully saturated rings. The fourth-order valence-electron chi connectivity index (χ4n) is 6.60. The SMILES string of the molecule is Cc1cccc(-c2c(-c3ccccc3)c(-c3ccccc3)c(-c3ccc(C)c(C)c3)c(-c3ccccc3)c2-c2ccccc2)c1. The molecule has 0 atom stereocenters. The van der Waals surface area contributed by atoms with Gasteiger partial charge in [0, 0.05) is 0 Å². The first-order valence-electron chi connectivity index (χ1n) is 15.7. The molecule has 45 heavy (non-hydrogen) atoms. The molecule has 0 bridgehead atoms. The van der Waals surface area contributed by atoms with Gasteiger partial charge in [-0.15, -0.1) is 0 Å². The van der Waals surface area contributed by atoms with Gasteiger partial charge in [-0.25, -0.2) is 0 Å². The number of hydrogen-bond acceptors (Lipinski definition) is 0. The molecule has 7 aromatic carbocycles. The number of benzene rings is 7. The van der Waals surface area contributed by atoms with E-state index in [9.17, 15) is 0 Å². The zero-order valence-corrected chi connectivity index (χ0v) is 26.1. The Morgan fingerprint density at radius 1 is 0.244 bits per heavy atom. The van der Waals surface area contributed by atoms with E-state index in [-0.39, 0.29) is 0 Å². The van der Waals surface area contributed by atoms with Gasteiger partial charge in [0.25, 0.3) is 0 Å². The molecule has 0 spiro atoms. The Bertz CT molecular complexity index is 1980. The lowest BCUT2D eigenvalue weighted by Crippen LogP contribution is -2.02. The van der Waals surface area contributed by atoms with Crippen LogP contribution in [-0.4, -0.2) is 0 Å². The van der Waals surface area contributed by atoms with Crippen molar-refractivity contribution in [2.45, 2.75) is 20.8 Å². The Morgan fingerprint density at radius 2 is 0.578 bits per heavy atom. The Labute approximate surface area is 267 Å². The fraction of sp³-hybridized carbons (Fsp3) is 0.0667. The molecule has 216 valence electrons. The standard InChI is InChI=1S/C45H36/c1-31-17-16-26-38(29-31)44-40(34-18-8-4-9-19-34)42(36-22-12-6-13-23-36)45(39-28-27-32(2)33(3)30-39)43(37-24-14-7-15-25-37)41(44)35-20-10-5-11-21-35/h4-30H,1-3H3. The Morgan fingerprint density at radius 3 is 0.933 bits per heavy atom. The molecule has 0 amide bonds. The molecule has 0 unspecified atom stereocenters. The Kier molecular flexibility index (Phi) is 7.72. The van der Waals surface area contributed by atoms with Crippen molar-refractivity contribution in [1.29, 1.82) is 0 Å². The Balaban J connectivity index is 1.83. The van der Waals surface area contributed by atoms with E-state index in [0.717, 1.165) is 0 Å². The maximum Gasteiger partial charge on any atom is -0.00138 e. The molecule has 0 heterocycles. The quantitative estimate of drug-likeness (QED) is 0.185. The molecule has 0 aliphatic rings. The zero-order chi connectivity index (χ0) is 30.8. The third-order valence-corrected chi connectivity index (χ3v) is 8.85. The molecule has 0 saturated heterocycles. The lowest BCUT2D eigenvalue weighted by atomic mass is 9.74. The summed E-state index contributed by atoms with van der Waals surface area (Å²) in [5, 5.41) is 0. The summed E-state index contributed by atoms with van der Waals surface area (Å²) < 4.78 is 0. The molecule has 0 aliphatic heterocycles. The van der Waals surface area contributed by atoms with Crippen molar-refractivity contribution in [1.82, 2.24) is 0 Å². The first-order valence-corrected chi connectivity index (χ1v) is 15.7. The van der Waals surface area contributed by atoms with E-state index in [1.54, 1.807) is 0 Å². The highest BCUT2D eigenvalue weighted by Gasteiger charge is 2.29. The van der Waals surface area contributed by atoms with Crippen LogP contribution in [0.5, 0.6) is 0 Å². The summed E-state index contributed by atoms with van der Waals surface area (Å²) in [5.41, 5.74) is 18.6. The second-order valence-corrected chi connectivity index (χ2v) is 11.9. The summed E-state index contributed by atoms with van der Waals surface area (Å²) in [6.07, 6.45) is 0. The van der Waals surface area contributed by atoms with Crippen LogP contribution in [0.3, 0.4) is 0 Å². The molecule has 0 radical (unpaired) electrons. The highest BCUT2D eigenvalue weighted by molar-refractivity contribution is 6.15. The van der Waals surface area contributed by atoms with Crippen LogP contribution >= 0.6 is 0 Å². The predicted octanol–water partition coefficient (Wildman–Crippen LogP) is 12.6. The van der Waals surface area contributed by atoms with Gasteiger partial charge in [0.05, 0.1) is 0 Å². The van der Waals surface area contributed by atoms with E-state index < -0.39 is 0 Å². The molecule has 0 aliphatic carbocycles. The third-order valence-electron chi connectivity index (χ3n) is 8.85. The second kappa shape index (κ2) is 12.3. The first-order chi connectivity index (χ1) is 22.1. The highest BCUT2D eigenvalue weighted by atomic mass is 14.3. The van der Waals surface area contributed by atoms with E-state index in [1.165, 1.54) is 83.5 Å². The van der Waals surface area contributed by atoms with Crippen molar-refractivity contribution in [3.05, 3.63) is 180 Å². The van der Waals surface area contributed by atoms with Crippen LogP contribution in [0.4, 0.5) is 0 Å². The summed E-state index contributed by atoms with van der Waals surface area (Å²) >= 11 is 0. The van der Waals surface area contributed by atoms with E-state index in [4.69, 9.17) is 0 Å². The van der Waals surface area contributed by atoms with Crippen molar-refractivity contribution >= 4 is 0 Å². The van der Waals surface area contributed by atoms with Gasteiger partial charge in [0.2, 0.25) is 0 Å². The van der Waals surface area contributed by atoms with Gasteiger partial charge in [0.15, 0.2) is 0 Å². The minimum absolute atomic E-state index is 1.20.